The first-order valence-corrected chi connectivity index (χ1v) is 16.3. The van der Waals surface area contributed by atoms with Gasteiger partial charge < -0.3 is 18.9 Å². The molecule has 13 heteroatoms. The molecule has 1 aromatic heterocycles. The highest BCUT2D eigenvalue weighted by Gasteiger charge is 2.35. The van der Waals surface area contributed by atoms with Crippen LogP contribution in [0.15, 0.2) is 86.2 Å². The molecule has 0 saturated carbocycles. The second-order valence-electron chi connectivity index (χ2n) is 10.8. The van der Waals surface area contributed by atoms with Gasteiger partial charge in [-0.3, -0.25) is 19.5 Å². The fraction of sp³-hybridized carbons (Fsp3) is 0.265. The fourth-order valence-corrected chi connectivity index (χ4v) is 6.76. The molecule has 0 N–H and O–H groups in total. The second kappa shape index (κ2) is 14.3. The summed E-state index contributed by atoms with van der Waals surface area (Å²) in [5, 5.41) is 11.0. The van der Waals surface area contributed by atoms with Crippen molar-refractivity contribution in [3.63, 3.8) is 0 Å². The van der Waals surface area contributed by atoms with Crippen molar-refractivity contribution in [2.45, 2.75) is 46.4 Å². The van der Waals surface area contributed by atoms with Crippen molar-refractivity contribution < 1.29 is 28.7 Å². The number of aromatic nitrogens is 1. The third-order valence-electron chi connectivity index (χ3n) is 7.17. The van der Waals surface area contributed by atoms with Crippen molar-refractivity contribution in [3.8, 4) is 17.2 Å². The minimum absolute atomic E-state index is 0.00570. The zero-order valence-electron chi connectivity index (χ0n) is 26.3. The summed E-state index contributed by atoms with van der Waals surface area (Å²) in [6.45, 7) is 7.60. The molecule has 47 heavy (non-hydrogen) atoms. The summed E-state index contributed by atoms with van der Waals surface area (Å²) >= 11 is 4.77. The predicted octanol–water partition coefficient (Wildman–Crippen LogP) is 5.84. The highest BCUT2D eigenvalue weighted by atomic mass is 79.9. The van der Waals surface area contributed by atoms with Crippen LogP contribution in [0.2, 0.25) is 0 Å². The lowest BCUT2D eigenvalue weighted by atomic mass is 9.95. The summed E-state index contributed by atoms with van der Waals surface area (Å²) in [4.78, 5) is 43.1. The maximum atomic E-state index is 14.2. The molecule has 0 radical (unpaired) electrons. The molecular weight excluding hydrogens is 690 g/mol. The molecule has 1 aliphatic heterocycles. The fourth-order valence-electron chi connectivity index (χ4n) is 5.14. The van der Waals surface area contributed by atoms with Gasteiger partial charge >= 0.3 is 5.97 Å². The molecular formula is C34H32BrN3O8S. The van der Waals surface area contributed by atoms with Crippen LogP contribution in [-0.2, 0) is 16.1 Å². The quantitative estimate of drug-likeness (QED) is 0.107. The van der Waals surface area contributed by atoms with Crippen molar-refractivity contribution in [1.82, 2.24) is 4.57 Å². The van der Waals surface area contributed by atoms with Gasteiger partial charge in [0.1, 0.15) is 18.4 Å². The Morgan fingerprint density at radius 2 is 1.87 bits per heavy atom. The molecule has 11 nitrogen and oxygen atoms in total. The van der Waals surface area contributed by atoms with E-state index in [0.29, 0.717) is 47.9 Å². The van der Waals surface area contributed by atoms with Crippen molar-refractivity contribution in [3.05, 3.63) is 123 Å². The third kappa shape index (κ3) is 7.15. The van der Waals surface area contributed by atoms with Crippen LogP contribution in [0.3, 0.4) is 0 Å². The van der Waals surface area contributed by atoms with Gasteiger partial charge in [-0.05, 0) is 91.2 Å². The van der Waals surface area contributed by atoms with Gasteiger partial charge in [0.15, 0.2) is 16.3 Å². The van der Waals surface area contributed by atoms with E-state index >= 15 is 0 Å². The van der Waals surface area contributed by atoms with Gasteiger partial charge in [-0.2, -0.15) is 0 Å². The number of benzene rings is 3. The molecule has 0 saturated heterocycles. The van der Waals surface area contributed by atoms with Crippen LogP contribution in [0.5, 0.6) is 17.2 Å². The molecule has 0 aliphatic carbocycles. The van der Waals surface area contributed by atoms with Gasteiger partial charge in [0.2, 0.25) is 0 Å². The number of carbonyl (C=O) groups excluding carboxylic acids is 1. The van der Waals surface area contributed by atoms with E-state index in [9.17, 15) is 19.7 Å². The van der Waals surface area contributed by atoms with Gasteiger partial charge in [0.05, 0.1) is 45.0 Å². The lowest BCUT2D eigenvalue weighted by molar-refractivity contribution is -0.384. The standard InChI is InChI=1S/C34H32BrN3O8S/c1-6-44-33(40)29-20(4)36-34-37(30(29)24-9-7-8-10-26(24)46-19(2)3)32(39)28(47-34)17-22-15-25(35)31(27(16-22)43-5)45-18-21-11-13-23(14-12-21)38(41)42/h7-17,19,30H,6,18H2,1-5H3/b28-17+/t30-/m1/s1. The van der Waals surface area contributed by atoms with Gasteiger partial charge in [-0.1, -0.05) is 29.5 Å². The highest BCUT2D eigenvalue weighted by Crippen LogP contribution is 2.38. The van der Waals surface area contributed by atoms with E-state index < -0.39 is 16.9 Å². The molecule has 0 amide bonds. The molecule has 0 spiro atoms. The Morgan fingerprint density at radius 3 is 2.53 bits per heavy atom. The van der Waals surface area contributed by atoms with E-state index in [2.05, 4.69) is 20.9 Å². The lowest BCUT2D eigenvalue weighted by Crippen LogP contribution is -2.40. The molecule has 0 unspecified atom stereocenters. The smallest absolute Gasteiger partial charge is 0.338 e. The lowest BCUT2D eigenvalue weighted by Gasteiger charge is -2.26. The number of halogens is 1. The average molecular weight is 723 g/mol. The normalized spacial score (nSPS) is 14.4. The van der Waals surface area contributed by atoms with Gasteiger partial charge in [-0.15, -0.1) is 0 Å². The van der Waals surface area contributed by atoms with Crippen molar-refractivity contribution in [2.75, 3.05) is 13.7 Å². The van der Waals surface area contributed by atoms with Crippen LogP contribution in [0.25, 0.3) is 6.08 Å². The molecule has 0 bridgehead atoms. The number of non-ortho nitro benzene ring substituents is 1. The zero-order valence-corrected chi connectivity index (χ0v) is 28.7. The number of esters is 1. The van der Waals surface area contributed by atoms with Crippen molar-refractivity contribution in [1.29, 1.82) is 0 Å². The summed E-state index contributed by atoms with van der Waals surface area (Å²) in [5.74, 6) is 0.848. The Hall–Kier alpha value is -4.75. The highest BCUT2D eigenvalue weighted by molar-refractivity contribution is 9.10. The summed E-state index contributed by atoms with van der Waals surface area (Å²) in [7, 11) is 1.51. The number of nitro groups is 1. The number of hydrogen-bond acceptors (Lipinski definition) is 10. The zero-order chi connectivity index (χ0) is 33.8. The summed E-state index contributed by atoms with van der Waals surface area (Å²) < 4.78 is 25.6. The number of methoxy groups -OCH3 is 1. The molecule has 1 atom stereocenters. The largest absolute Gasteiger partial charge is 0.493 e. The summed E-state index contributed by atoms with van der Waals surface area (Å²) in [6, 6.07) is 16.2. The Balaban J connectivity index is 1.57. The third-order valence-corrected chi connectivity index (χ3v) is 8.75. The van der Waals surface area contributed by atoms with E-state index in [4.69, 9.17) is 18.9 Å². The first-order valence-electron chi connectivity index (χ1n) is 14.7. The van der Waals surface area contributed by atoms with Crippen LogP contribution >= 0.6 is 27.3 Å². The van der Waals surface area contributed by atoms with E-state index in [1.54, 1.807) is 44.2 Å². The Labute approximate surface area is 282 Å². The number of ether oxygens (including phenoxy) is 4. The Morgan fingerprint density at radius 1 is 1.15 bits per heavy atom. The summed E-state index contributed by atoms with van der Waals surface area (Å²) in [5.41, 5.74) is 2.43. The topological polar surface area (TPSA) is 131 Å². The van der Waals surface area contributed by atoms with Crippen LogP contribution in [0.4, 0.5) is 5.69 Å². The first kappa shape index (κ1) is 33.6. The number of rotatable bonds is 11. The van der Waals surface area contributed by atoms with Crippen LogP contribution in [-0.4, -0.2) is 35.3 Å². The number of hydrogen-bond donors (Lipinski definition) is 0. The monoisotopic (exact) mass is 721 g/mol. The number of allylic oxidation sites excluding steroid dienone is 1. The van der Waals surface area contributed by atoms with E-state index in [-0.39, 0.29) is 36.1 Å². The minimum Gasteiger partial charge on any atom is -0.493 e. The van der Waals surface area contributed by atoms with Crippen molar-refractivity contribution in [2.24, 2.45) is 4.99 Å². The molecule has 5 rings (SSSR count). The van der Waals surface area contributed by atoms with E-state index in [1.165, 1.54) is 35.1 Å². The van der Waals surface area contributed by atoms with Crippen LogP contribution in [0.1, 0.15) is 50.4 Å². The Bertz CT molecular complexity index is 2050. The van der Waals surface area contributed by atoms with Crippen LogP contribution < -0.4 is 29.1 Å². The van der Waals surface area contributed by atoms with Gasteiger partial charge in [0, 0.05) is 17.7 Å². The number of para-hydroxylation sites is 1. The van der Waals surface area contributed by atoms with E-state index in [1.807, 2.05) is 38.1 Å². The van der Waals surface area contributed by atoms with Gasteiger partial charge in [-0.25, -0.2) is 9.79 Å². The minimum atomic E-state index is -0.820. The van der Waals surface area contributed by atoms with Gasteiger partial charge in [0.25, 0.3) is 11.2 Å². The summed E-state index contributed by atoms with van der Waals surface area (Å²) in [6.07, 6.45) is 1.59. The molecule has 2 heterocycles. The molecule has 0 fully saturated rings. The number of nitro benzene ring substituents is 1. The number of fused-ring (bicyclic) bond motifs is 1. The number of thiazole rings is 1. The number of nitrogens with zero attached hydrogens (tertiary/aromatic N) is 3. The maximum absolute atomic E-state index is 14.2. The molecule has 3 aromatic carbocycles. The molecule has 1 aliphatic rings. The molecule has 4 aromatic rings. The van der Waals surface area contributed by atoms with E-state index in [0.717, 1.165) is 5.56 Å². The Kier molecular flexibility index (Phi) is 10.3. The number of carbonyl (C=O) groups is 1. The average Bonchev–Trinajstić information content (AvgIpc) is 3.33. The molecule has 244 valence electrons. The first-order chi connectivity index (χ1) is 22.5. The van der Waals surface area contributed by atoms with Crippen molar-refractivity contribution >= 4 is 45.0 Å². The predicted molar refractivity (Wildman–Crippen MR) is 181 cm³/mol. The maximum Gasteiger partial charge on any atom is 0.338 e. The van der Waals surface area contributed by atoms with Crippen LogP contribution in [0, 0.1) is 10.1 Å². The second-order valence-corrected chi connectivity index (χ2v) is 12.6. The SMILES string of the molecule is CCOC(=O)C1=C(C)N=c2s/c(=C/c3cc(Br)c(OCc4ccc([N+](=O)[O-])cc4)c(OC)c3)c(=O)n2[C@@H]1c1ccccc1OC(C)C.